The summed E-state index contributed by atoms with van der Waals surface area (Å²) in [6.07, 6.45) is -8.68. The zero-order valence-corrected chi connectivity index (χ0v) is 31.3. The molecule has 1 unspecified atom stereocenters. The summed E-state index contributed by atoms with van der Waals surface area (Å²) < 4.78 is 68.5. The Hall–Kier alpha value is -3.23. The minimum absolute atomic E-state index is 0.0666. The third-order valence-corrected chi connectivity index (χ3v) is 10.6. The van der Waals surface area contributed by atoms with Gasteiger partial charge in [-0.25, -0.2) is 15.0 Å². The Morgan fingerprint density at radius 1 is 0.855 bits per heavy atom. The van der Waals surface area contributed by atoms with Crippen molar-refractivity contribution in [3.8, 4) is 0 Å². The van der Waals surface area contributed by atoms with Gasteiger partial charge in [0.15, 0.2) is 17.7 Å². The Labute approximate surface area is 316 Å². The zero-order valence-electron chi connectivity index (χ0n) is 28.9. The van der Waals surface area contributed by atoms with E-state index >= 15 is 0 Å². The molecular formula is C28H44N6O18S3. The van der Waals surface area contributed by atoms with Crippen LogP contribution in [-0.4, -0.2) is 176 Å². The monoisotopic (exact) mass is 848 g/mol. The van der Waals surface area contributed by atoms with Crippen LogP contribution in [0.4, 0.5) is 5.82 Å². The Kier molecular flexibility index (Phi) is 17.7. The number of hydrogen-bond acceptors (Lipinski definition) is 20. The molecule has 55 heavy (non-hydrogen) atoms. The number of ether oxygens (including phenoxy) is 1. The maximum Gasteiger partial charge on any atom is 0.394 e. The van der Waals surface area contributed by atoms with Gasteiger partial charge in [-0.15, -0.1) is 0 Å². The summed E-state index contributed by atoms with van der Waals surface area (Å²) in [6, 6.07) is 4.97. The van der Waals surface area contributed by atoms with Crippen LogP contribution >= 0.6 is 0 Å². The number of aromatic nitrogens is 4. The number of carboxylic acid groups (broad SMARTS) is 1. The van der Waals surface area contributed by atoms with Crippen LogP contribution in [0.5, 0.6) is 0 Å². The molecule has 0 bridgehead atoms. The van der Waals surface area contributed by atoms with E-state index in [9.17, 15) is 28.5 Å². The van der Waals surface area contributed by atoms with Crippen molar-refractivity contribution >= 4 is 54.4 Å². The largest absolute Gasteiger partial charge is 0.548 e. The van der Waals surface area contributed by atoms with Crippen molar-refractivity contribution in [3.05, 3.63) is 42.5 Å². The van der Waals surface area contributed by atoms with Gasteiger partial charge in [0.05, 0.1) is 23.4 Å². The van der Waals surface area contributed by atoms with Crippen LogP contribution < -0.4 is 16.6 Å². The number of hydrogen-bond donors (Lipinski definition) is 13. The summed E-state index contributed by atoms with van der Waals surface area (Å²) in [5, 5.41) is 85.3. The fraction of sp³-hybridized carbons (Fsp3) is 0.571. The molecule has 2 fully saturated rings. The molecule has 2 aliphatic rings. The summed E-state index contributed by atoms with van der Waals surface area (Å²) in [6.45, 7) is 1.84. The Morgan fingerprint density at radius 3 is 1.76 bits per heavy atom. The van der Waals surface area contributed by atoms with Crippen LogP contribution in [-0.2, 0) is 40.9 Å². The molecule has 312 valence electrons. The first kappa shape index (κ1) is 47.9. The number of aryl methyl sites for hydroxylation is 1. The predicted octanol–water partition coefficient (Wildman–Crippen LogP) is -6.50. The second-order valence-corrected chi connectivity index (χ2v) is 16.8. The number of nitrogens with two attached hydrogens (primary N) is 2. The van der Waals surface area contributed by atoms with Crippen LogP contribution in [0.2, 0.25) is 0 Å². The number of nitrogen functional groups attached to an aromatic ring is 1. The molecule has 0 amide bonds. The number of fused-ring (bicyclic) bond motifs is 1. The SMILES string of the molecule is C[S+](CC[C@H](N)C(=O)[O-])C[C@H]1O[C@@H](n2cnc3c(N)ncnc32)[C@H](O)[C@@H]1O.Cc1ccc(S(=O)(=O)O)cc1.O=S(=O)(O)O.OC1C(O)C(O)C(O)C(O)C1O. The summed E-state index contributed by atoms with van der Waals surface area (Å²) in [5.74, 6) is -0.0611. The molecule has 1 saturated heterocycles. The van der Waals surface area contributed by atoms with E-state index in [1.165, 1.54) is 29.4 Å². The fourth-order valence-electron chi connectivity index (χ4n) is 4.89. The van der Waals surface area contributed by atoms with E-state index in [1.54, 1.807) is 12.1 Å². The number of aliphatic hydroxyl groups excluding tert-OH is 8. The quantitative estimate of drug-likeness (QED) is 0.0740. The van der Waals surface area contributed by atoms with Gasteiger partial charge in [0.1, 0.15) is 78.3 Å². The molecule has 5 rings (SSSR count). The van der Waals surface area contributed by atoms with Crippen LogP contribution in [0.3, 0.4) is 0 Å². The minimum atomic E-state index is -4.67. The molecule has 24 nitrogen and oxygen atoms in total. The van der Waals surface area contributed by atoms with E-state index in [-0.39, 0.29) is 28.0 Å². The second-order valence-electron chi connectivity index (χ2n) is 12.2. The topological polar surface area (TPSA) is 436 Å². The number of aliphatic carboxylic acids is 1. The molecule has 3 aromatic rings. The van der Waals surface area contributed by atoms with Crippen LogP contribution in [0.25, 0.3) is 11.2 Å². The maximum absolute atomic E-state index is 10.7. The first-order valence-corrected chi connectivity index (χ1v) is 20.4. The minimum Gasteiger partial charge on any atom is -0.548 e. The molecule has 6 atom stereocenters. The normalized spacial score (nSPS) is 29.1. The number of imidazole rings is 1. The zero-order chi connectivity index (χ0) is 42.2. The number of aliphatic hydroxyl groups is 8. The molecule has 3 heterocycles. The number of carbonyl (C=O) groups excluding carboxylic acids is 1. The molecular weight excluding hydrogens is 805 g/mol. The lowest BCUT2D eigenvalue weighted by Gasteiger charge is -2.39. The number of anilines is 1. The van der Waals surface area contributed by atoms with Gasteiger partial charge in [-0.3, -0.25) is 18.2 Å². The molecule has 1 aliphatic heterocycles. The fourth-order valence-corrected chi connectivity index (χ4v) is 7.02. The molecule has 27 heteroatoms. The van der Waals surface area contributed by atoms with E-state index in [0.29, 0.717) is 22.7 Å². The van der Waals surface area contributed by atoms with E-state index < -0.39 is 93.7 Å². The lowest BCUT2D eigenvalue weighted by atomic mass is 9.85. The van der Waals surface area contributed by atoms with Crippen molar-refractivity contribution < 1.29 is 86.0 Å². The van der Waals surface area contributed by atoms with Crippen molar-refractivity contribution in [1.29, 1.82) is 0 Å². The van der Waals surface area contributed by atoms with Gasteiger partial charge >= 0.3 is 10.4 Å². The van der Waals surface area contributed by atoms with Crippen molar-refractivity contribution in [1.82, 2.24) is 19.5 Å². The van der Waals surface area contributed by atoms with E-state index in [2.05, 4.69) is 15.0 Å². The summed E-state index contributed by atoms with van der Waals surface area (Å²) in [5.41, 5.74) is 13.0. The molecule has 0 spiro atoms. The molecule has 1 aromatic carbocycles. The highest BCUT2D eigenvalue weighted by Gasteiger charge is 2.48. The second kappa shape index (κ2) is 20.3. The standard InChI is InChI=1S/C15H22N6O5S.C7H8O3S.C6H12O6.H2O4S/c1-27(3-2-7(16)15(24)25)4-8-10(22)11(23)14(26-8)21-6-20-9-12(17)18-5-19-13(9)21;1-6-2-4-7(5-3-6)11(8,9)10;7-1-2(8)4(10)6(12)5(11)3(1)9;1-5(2,3)4/h5-8,10-11,14,22-23H,2-4,16H2,1H3,(H2-,17,18,19,24,25);2-5H,1H3,(H,8,9,10);1-12H;(H2,1,2,3,4)/t7-,8+,10+,11+,14+,27?;;;/m0.../s1. The summed E-state index contributed by atoms with van der Waals surface area (Å²) in [4.78, 5) is 22.8. The van der Waals surface area contributed by atoms with Crippen molar-refractivity contribution in [2.45, 2.75) is 85.4 Å². The Bertz CT molecular complexity index is 1840. The van der Waals surface area contributed by atoms with Crippen LogP contribution in [0.15, 0.2) is 41.8 Å². The average molecular weight is 849 g/mol. The smallest absolute Gasteiger partial charge is 0.394 e. The van der Waals surface area contributed by atoms with Gasteiger partial charge in [0, 0.05) is 12.5 Å². The van der Waals surface area contributed by atoms with Gasteiger partial charge in [0.2, 0.25) is 0 Å². The average Bonchev–Trinajstić information content (AvgIpc) is 3.65. The van der Waals surface area contributed by atoms with Crippen molar-refractivity contribution in [3.63, 3.8) is 0 Å². The molecule has 15 N–H and O–H groups in total. The third kappa shape index (κ3) is 14.0. The highest BCUT2D eigenvalue weighted by atomic mass is 32.3. The van der Waals surface area contributed by atoms with Crippen molar-refractivity contribution in [2.24, 2.45) is 5.73 Å². The van der Waals surface area contributed by atoms with Crippen LogP contribution in [0.1, 0.15) is 18.2 Å². The Morgan fingerprint density at radius 2 is 1.33 bits per heavy atom. The van der Waals surface area contributed by atoms with Gasteiger partial charge in [-0.1, -0.05) is 17.7 Å². The number of carboxylic acids is 1. The number of rotatable bonds is 8. The maximum atomic E-state index is 10.7. The molecule has 1 saturated carbocycles. The first-order chi connectivity index (χ1) is 25.3. The number of carbonyl (C=O) groups is 1. The number of benzene rings is 1. The predicted molar refractivity (Wildman–Crippen MR) is 187 cm³/mol. The van der Waals surface area contributed by atoms with E-state index in [1.807, 2.05) is 13.2 Å². The van der Waals surface area contributed by atoms with Crippen molar-refractivity contribution in [2.75, 3.05) is 23.5 Å². The molecule has 1 aliphatic carbocycles. The van der Waals surface area contributed by atoms with Gasteiger partial charge in [0.25, 0.3) is 10.1 Å². The lowest BCUT2D eigenvalue weighted by molar-refractivity contribution is -0.307. The van der Waals surface area contributed by atoms with Gasteiger partial charge in [-0.05, 0) is 30.0 Å². The highest BCUT2D eigenvalue weighted by Crippen LogP contribution is 2.32. The molecule has 0 radical (unpaired) electrons. The Balaban J connectivity index is 0.000000307. The van der Waals surface area contributed by atoms with Gasteiger partial charge in [-0.2, -0.15) is 16.8 Å². The third-order valence-electron chi connectivity index (χ3n) is 7.95. The summed E-state index contributed by atoms with van der Waals surface area (Å²) >= 11 is 0. The van der Waals surface area contributed by atoms with E-state index in [0.717, 1.165) is 5.56 Å². The van der Waals surface area contributed by atoms with Gasteiger partial charge < -0.3 is 67.0 Å². The lowest BCUT2D eigenvalue weighted by Crippen LogP contribution is -2.63. The van der Waals surface area contributed by atoms with Crippen LogP contribution in [0, 0.1) is 6.92 Å². The summed E-state index contributed by atoms with van der Waals surface area (Å²) in [7, 11) is -8.95. The number of nitrogens with zero attached hydrogens (tertiary/aromatic N) is 4. The first-order valence-electron chi connectivity index (χ1n) is 15.6. The highest BCUT2D eigenvalue weighted by molar-refractivity contribution is 7.96. The van der Waals surface area contributed by atoms with E-state index in [4.69, 9.17) is 68.9 Å². The molecule has 2 aromatic heterocycles.